The average Bonchev–Trinajstić information content (AvgIpc) is 3.17. The molecule has 1 aromatic heterocycles. The Kier molecular flexibility index (Phi) is 6.49. The molecule has 0 spiro atoms. The Morgan fingerprint density at radius 3 is 2.58 bits per heavy atom. The first-order valence-electron chi connectivity index (χ1n) is 8.81. The van der Waals surface area contributed by atoms with Crippen molar-refractivity contribution in [1.82, 2.24) is 10.2 Å². The number of carbonyl (C=O) groups excluding carboxylic acids is 1. The minimum absolute atomic E-state index is 0.171. The van der Waals surface area contributed by atoms with Crippen molar-refractivity contribution in [3.63, 3.8) is 0 Å². The smallest absolute Gasteiger partial charge is 0.319 e. The lowest BCUT2D eigenvalue weighted by atomic mass is 10.2. The fourth-order valence-corrected chi connectivity index (χ4v) is 3.88. The molecule has 1 saturated heterocycles. The van der Waals surface area contributed by atoms with Crippen LogP contribution in [0.25, 0.3) is 0 Å². The van der Waals surface area contributed by atoms with Crippen LogP contribution >= 0.6 is 11.3 Å². The molecule has 0 aliphatic carbocycles. The third-order valence-electron chi connectivity index (χ3n) is 4.45. The second kappa shape index (κ2) is 9.02. The number of hydrogen-bond acceptors (Lipinski definition) is 5. The summed E-state index contributed by atoms with van der Waals surface area (Å²) in [5.41, 5.74) is 1.95. The van der Waals surface area contributed by atoms with Gasteiger partial charge < -0.3 is 25.2 Å². The Labute approximate surface area is 158 Å². The maximum atomic E-state index is 12.2. The van der Waals surface area contributed by atoms with E-state index in [1.54, 1.807) is 11.3 Å². The number of rotatable bonds is 6. The highest BCUT2D eigenvalue weighted by molar-refractivity contribution is 7.10. The molecule has 2 amide bonds. The molecule has 2 aromatic rings. The third kappa shape index (κ3) is 4.97. The van der Waals surface area contributed by atoms with Gasteiger partial charge in [-0.15, -0.1) is 11.3 Å². The zero-order valence-electron chi connectivity index (χ0n) is 15.3. The monoisotopic (exact) mass is 374 g/mol. The van der Waals surface area contributed by atoms with Gasteiger partial charge in [-0.1, -0.05) is 6.07 Å². The molecule has 1 aliphatic rings. The highest BCUT2D eigenvalue weighted by Crippen LogP contribution is 2.22. The summed E-state index contributed by atoms with van der Waals surface area (Å²) in [5.74, 6) is 0. The van der Waals surface area contributed by atoms with Gasteiger partial charge >= 0.3 is 6.03 Å². The number of nitrogens with zero attached hydrogens (tertiary/aromatic N) is 2. The van der Waals surface area contributed by atoms with E-state index in [4.69, 9.17) is 4.74 Å². The van der Waals surface area contributed by atoms with Gasteiger partial charge in [0.05, 0.1) is 19.3 Å². The molecule has 1 unspecified atom stereocenters. The van der Waals surface area contributed by atoms with Crippen LogP contribution in [-0.4, -0.2) is 57.9 Å². The van der Waals surface area contributed by atoms with Crippen LogP contribution in [0.4, 0.5) is 16.2 Å². The maximum absolute atomic E-state index is 12.2. The van der Waals surface area contributed by atoms with Gasteiger partial charge in [0.1, 0.15) is 0 Å². The van der Waals surface area contributed by atoms with Crippen LogP contribution in [0.5, 0.6) is 0 Å². The minimum atomic E-state index is -0.187. The van der Waals surface area contributed by atoms with Crippen LogP contribution in [-0.2, 0) is 4.74 Å². The fraction of sp³-hybridized carbons (Fsp3) is 0.421. The van der Waals surface area contributed by atoms with Crippen molar-refractivity contribution < 1.29 is 9.53 Å². The predicted molar refractivity (Wildman–Crippen MR) is 107 cm³/mol. The van der Waals surface area contributed by atoms with E-state index in [9.17, 15) is 4.79 Å². The summed E-state index contributed by atoms with van der Waals surface area (Å²) in [4.78, 5) is 17.9. The molecule has 1 aliphatic heterocycles. The molecule has 3 rings (SSSR count). The molecule has 0 saturated carbocycles. The van der Waals surface area contributed by atoms with E-state index >= 15 is 0 Å². The quantitative estimate of drug-likeness (QED) is 0.816. The number of urea groups is 1. The third-order valence-corrected chi connectivity index (χ3v) is 5.43. The number of benzene rings is 1. The van der Waals surface area contributed by atoms with E-state index in [0.717, 1.165) is 37.7 Å². The Hall–Kier alpha value is -2.09. The van der Waals surface area contributed by atoms with Crippen LogP contribution in [0.2, 0.25) is 0 Å². The number of hydrogen-bond donors (Lipinski definition) is 2. The zero-order chi connectivity index (χ0) is 18.4. The lowest BCUT2D eigenvalue weighted by molar-refractivity contribution is 0.122. The molecule has 140 valence electrons. The molecule has 1 fully saturated rings. The van der Waals surface area contributed by atoms with Gasteiger partial charge in [-0.05, 0) is 49.8 Å². The SMILES string of the molecule is CN(C)C(CNC(=O)Nc1ccc(N2CCOCC2)cc1)c1cccs1. The zero-order valence-corrected chi connectivity index (χ0v) is 16.1. The van der Waals surface area contributed by atoms with Gasteiger partial charge in [0.2, 0.25) is 0 Å². The number of carbonyl (C=O) groups is 1. The number of ether oxygens (including phenoxy) is 1. The predicted octanol–water partition coefficient (Wildman–Crippen LogP) is 3.01. The van der Waals surface area contributed by atoms with E-state index in [1.807, 2.05) is 44.4 Å². The fourth-order valence-electron chi connectivity index (χ4n) is 2.96. The summed E-state index contributed by atoms with van der Waals surface area (Å²) in [7, 11) is 4.04. The van der Waals surface area contributed by atoms with Gasteiger partial charge in [0, 0.05) is 35.9 Å². The van der Waals surface area contributed by atoms with Crippen LogP contribution in [0.15, 0.2) is 41.8 Å². The molecule has 2 N–H and O–H groups in total. The minimum Gasteiger partial charge on any atom is -0.378 e. The molecule has 0 bridgehead atoms. The number of anilines is 2. The van der Waals surface area contributed by atoms with E-state index in [-0.39, 0.29) is 12.1 Å². The highest BCUT2D eigenvalue weighted by Gasteiger charge is 2.16. The first-order valence-corrected chi connectivity index (χ1v) is 9.69. The molecule has 7 heteroatoms. The van der Waals surface area contributed by atoms with Crippen molar-refractivity contribution in [1.29, 1.82) is 0 Å². The largest absolute Gasteiger partial charge is 0.378 e. The average molecular weight is 375 g/mol. The lowest BCUT2D eigenvalue weighted by Crippen LogP contribution is -2.37. The second-order valence-corrected chi connectivity index (χ2v) is 7.46. The highest BCUT2D eigenvalue weighted by atomic mass is 32.1. The Morgan fingerprint density at radius 1 is 1.23 bits per heavy atom. The molecule has 2 heterocycles. The van der Waals surface area contributed by atoms with Crippen molar-refractivity contribution in [2.45, 2.75) is 6.04 Å². The summed E-state index contributed by atoms with van der Waals surface area (Å²) in [6, 6.07) is 12.1. The molecule has 1 aromatic carbocycles. The maximum Gasteiger partial charge on any atom is 0.319 e. The number of likely N-dealkylation sites (N-methyl/N-ethyl adjacent to an activating group) is 1. The first kappa shape index (κ1) is 18.7. The molecule has 26 heavy (non-hydrogen) atoms. The van der Waals surface area contributed by atoms with Gasteiger partial charge in [-0.3, -0.25) is 0 Å². The summed E-state index contributed by atoms with van der Waals surface area (Å²) < 4.78 is 5.38. The number of nitrogens with one attached hydrogen (secondary N) is 2. The van der Waals surface area contributed by atoms with Gasteiger partial charge in [0.25, 0.3) is 0 Å². The van der Waals surface area contributed by atoms with E-state index in [2.05, 4.69) is 31.9 Å². The van der Waals surface area contributed by atoms with Crippen molar-refractivity contribution in [3.05, 3.63) is 46.7 Å². The summed E-state index contributed by atoms with van der Waals surface area (Å²) in [6.45, 7) is 3.90. The Bertz CT molecular complexity index is 682. The molecular formula is C19H26N4O2S. The number of morpholine rings is 1. The second-order valence-electron chi connectivity index (χ2n) is 6.48. The molecule has 1 atom stereocenters. The summed E-state index contributed by atoms with van der Waals surface area (Å²) in [5, 5.41) is 7.93. The van der Waals surface area contributed by atoms with Crippen LogP contribution in [0.1, 0.15) is 10.9 Å². The van der Waals surface area contributed by atoms with Crippen molar-refractivity contribution in [3.8, 4) is 0 Å². The number of thiophene rings is 1. The lowest BCUT2D eigenvalue weighted by Gasteiger charge is -2.29. The van der Waals surface area contributed by atoms with Crippen LogP contribution in [0, 0.1) is 0 Å². The normalized spacial score (nSPS) is 15.7. The van der Waals surface area contributed by atoms with Crippen molar-refractivity contribution >= 4 is 28.7 Å². The van der Waals surface area contributed by atoms with Gasteiger partial charge in [-0.25, -0.2) is 4.79 Å². The van der Waals surface area contributed by atoms with Crippen molar-refractivity contribution in [2.24, 2.45) is 0 Å². The van der Waals surface area contributed by atoms with E-state index < -0.39 is 0 Å². The van der Waals surface area contributed by atoms with Gasteiger partial charge in [0.15, 0.2) is 0 Å². The molecule has 0 radical (unpaired) electrons. The Morgan fingerprint density at radius 2 is 1.96 bits per heavy atom. The van der Waals surface area contributed by atoms with E-state index in [0.29, 0.717) is 6.54 Å². The molecular weight excluding hydrogens is 348 g/mol. The molecule has 6 nitrogen and oxygen atoms in total. The summed E-state index contributed by atoms with van der Waals surface area (Å²) >= 11 is 1.70. The number of amides is 2. The Balaban J connectivity index is 1.51. The van der Waals surface area contributed by atoms with Crippen LogP contribution in [0.3, 0.4) is 0 Å². The standard InChI is InChI=1S/C19H26N4O2S/c1-22(2)17(18-4-3-13-26-18)14-20-19(24)21-15-5-7-16(8-6-15)23-9-11-25-12-10-23/h3-8,13,17H,9-12,14H2,1-2H3,(H2,20,21,24). The van der Waals surface area contributed by atoms with Crippen molar-refractivity contribution in [2.75, 3.05) is 57.2 Å². The summed E-state index contributed by atoms with van der Waals surface area (Å²) in [6.07, 6.45) is 0. The topological polar surface area (TPSA) is 56.8 Å². The van der Waals surface area contributed by atoms with E-state index in [1.165, 1.54) is 4.88 Å². The van der Waals surface area contributed by atoms with Crippen LogP contribution < -0.4 is 15.5 Å². The first-order chi connectivity index (χ1) is 12.6. The van der Waals surface area contributed by atoms with Gasteiger partial charge in [-0.2, -0.15) is 0 Å².